The predicted octanol–water partition coefficient (Wildman–Crippen LogP) is 5.58. The van der Waals surface area contributed by atoms with Crippen LogP contribution >= 0.6 is 0 Å². The number of phenolic OH excluding ortho intramolecular Hbond substituents is 2. The quantitative estimate of drug-likeness (QED) is 0.574. The van der Waals surface area contributed by atoms with E-state index in [1.54, 1.807) is 26.4 Å². The van der Waals surface area contributed by atoms with Crippen LogP contribution in [0, 0.1) is 0 Å². The Balaban J connectivity index is 2.37. The van der Waals surface area contributed by atoms with Gasteiger partial charge in [0.2, 0.25) is 0 Å². The molecule has 2 N–H and O–H groups in total. The standard InChI is InChI=1S/C22H30O4/c1-5-6-7-8-18(17-10-12-20(24)22(14-17)26-4)15(2)16-9-11-19(23)21(13-16)25-3/h9-15,18,23-24H,5-8H2,1-4H3/t15-,18+/m0/s1. The molecular formula is C22H30O4. The first-order chi connectivity index (χ1) is 12.5. The van der Waals surface area contributed by atoms with Gasteiger partial charge in [-0.3, -0.25) is 0 Å². The number of unbranched alkanes of at least 4 members (excludes halogenated alkanes) is 2. The summed E-state index contributed by atoms with van der Waals surface area (Å²) in [6, 6.07) is 11.1. The third kappa shape index (κ3) is 4.63. The smallest absolute Gasteiger partial charge is 0.160 e. The van der Waals surface area contributed by atoms with Gasteiger partial charge in [-0.15, -0.1) is 0 Å². The normalized spacial score (nSPS) is 13.2. The Labute approximate surface area is 156 Å². The van der Waals surface area contributed by atoms with Gasteiger partial charge in [0.05, 0.1) is 14.2 Å². The van der Waals surface area contributed by atoms with Crippen LogP contribution in [-0.2, 0) is 0 Å². The van der Waals surface area contributed by atoms with Crippen LogP contribution in [0.15, 0.2) is 36.4 Å². The van der Waals surface area contributed by atoms with Crippen molar-refractivity contribution in [1.82, 2.24) is 0 Å². The number of ether oxygens (including phenoxy) is 2. The fraction of sp³-hybridized carbons (Fsp3) is 0.455. The molecule has 4 heteroatoms. The van der Waals surface area contributed by atoms with E-state index in [0.29, 0.717) is 11.5 Å². The van der Waals surface area contributed by atoms with Gasteiger partial charge < -0.3 is 19.7 Å². The van der Waals surface area contributed by atoms with Crippen molar-refractivity contribution in [2.75, 3.05) is 14.2 Å². The van der Waals surface area contributed by atoms with Crippen LogP contribution in [0.3, 0.4) is 0 Å². The lowest BCUT2D eigenvalue weighted by atomic mass is 9.79. The second-order valence-electron chi connectivity index (χ2n) is 6.75. The van der Waals surface area contributed by atoms with Gasteiger partial charge in [0.15, 0.2) is 23.0 Å². The average Bonchev–Trinajstić information content (AvgIpc) is 2.66. The fourth-order valence-corrected chi connectivity index (χ4v) is 3.45. The molecule has 0 aromatic heterocycles. The van der Waals surface area contributed by atoms with Gasteiger partial charge in [-0.1, -0.05) is 45.2 Å². The molecule has 0 radical (unpaired) electrons. The van der Waals surface area contributed by atoms with E-state index >= 15 is 0 Å². The number of phenols is 2. The number of benzene rings is 2. The Morgan fingerprint density at radius 3 is 1.92 bits per heavy atom. The Morgan fingerprint density at radius 2 is 1.38 bits per heavy atom. The van der Waals surface area contributed by atoms with E-state index in [1.165, 1.54) is 12.8 Å². The highest BCUT2D eigenvalue weighted by Gasteiger charge is 2.23. The summed E-state index contributed by atoms with van der Waals surface area (Å²) >= 11 is 0. The zero-order chi connectivity index (χ0) is 19.1. The van der Waals surface area contributed by atoms with E-state index in [4.69, 9.17) is 9.47 Å². The molecule has 2 atom stereocenters. The van der Waals surface area contributed by atoms with E-state index in [0.717, 1.165) is 24.0 Å². The summed E-state index contributed by atoms with van der Waals surface area (Å²) in [4.78, 5) is 0. The first-order valence-electron chi connectivity index (χ1n) is 9.25. The van der Waals surface area contributed by atoms with Crippen molar-refractivity contribution >= 4 is 0 Å². The molecule has 2 aromatic carbocycles. The molecule has 26 heavy (non-hydrogen) atoms. The van der Waals surface area contributed by atoms with Gasteiger partial charge in [0.1, 0.15) is 0 Å². The lowest BCUT2D eigenvalue weighted by Crippen LogP contribution is -2.09. The summed E-state index contributed by atoms with van der Waals surface area (Å²) in [5.74, 6) is 1.81. The predicted molar refractivity (Wildman–Crippen MR) is 105 cm³/mol. The molecule has 0 heterocycles. The molecule has 142 valence electrons. The molecule has 0 aliphatic carbocycles. The van der Waals surface area contributed by atoms with E-state index in [-0.39, 0.29) is 23.3 Å². The second kappa shape index (κ2) is 9.37. The average molecular weight is 358 g/mol. The van der Waals surface area contributed by atoms with E-state index in [1.807, 2.05) is 24.3 Å². The maximum atomic E-state index is 9.92. The SMILES string of the molecule is CCCCC[C@@H](c1ccc(O)c(OC)c1)[C@@H](C)c1ccc(O)c(OC)c1. The molecule has 0 unspecified atom stereocenters. The Bertz CT molecular complexity index is 711. The van der Waals surface area contributed by atoms with Gasteiger partial charge in [-0.05, 0) is 53.6 Å². The van der Waals surface area contributed by atoms with Crippen LogP contribution in [0.2, 0.25) is 0 Å². The van der Waals surface area contributed by atoms with Gasteiger partial charge in [-0.2, -0.15) is 0 Å². The fourth-order valence-electron chi connectivity index (χ4n) is 3.45. The van der Waals surface area contributed by atoms with Crippen molar-refractivity contribution in [3.05, 3.63) is 47.5 Å². The number of hydrogen-bond acceptors (Lipinski definition) is 4. The minimum atomic E-state index is 0.150. The van der Waals surface area contributed by atoms with Gasteiger partial charge in [-0.25, -0.2) is 0 Å². The minimum absolute atomic E-state index is 0.150. The third-order valence-electron chi connectivity index (χ3n) is 5.08. The number of hydrogen-bond donors (Lipinski definition) is 2. The van der Waals surface area contributed by atoms with Crippen molar-refractivity contribution in [2.45, 2.75) is 51.4 Å². The van der Waals surface area contributed by atoms with E-state index in [9.17, 15) is 10.2 Å². The lowest BCUT2D eigenvalue weighted by Gasteiger charge is -2.26. The van der Waals surface area contributed by atoms with Crippen LogP contribution in [0.5, 0.6) is 23.0 Å². The van der Waals surface area contributed by atoms with Crippen LogP contribution in [0.25, 0.3) is 0 Å². The molecule has 0 fully saturated rings. The van der Waals surface area contributed by atoms with Crippen LogP contribution < -0.4 is 9.47 Å². The van der Waals surface area contributed by atoms with Crippen LogP contribution in [0.4, 0.5) is 0 Å². The molecule has 0 saturated carbocycles. The van der Waals surface area contributed by atoms with Gasteiger partial charge in [0.25, 0.3) is 0 Å². The summed E-state index contributed by atoms with van der Waals surface area (Å²) in [6.07, 6.45) is 4.56. The van der Waals surface area contributed by atoms with Gasteiger partial charge in [0, 0.05) is 0 Å². The minimum Gasteiger partial charge on any atom is -0.504 e. The zero-order valence-corrected chi connectivity index (χ0v) is 16.2. The Morgan fingerprint density at radius 1 is 0.846 bits per heavy atom. The van der Waals surface area contributed by atoms with Crippen molar-refractivity contribution in [2.24, 2.45) is 0 Å². The summed E-state index contributed by atoms with van der Waals surface area (Å²) in [6.45, 7) is 4.40. The summed E-state index contributed by atoms with van der Waals surface area (Å²) in [7, 11) is 3.13. The van der Waals surface area contributed by atoms with Crippen molar-refractivity contribution in [3.8, 4) is 23.0 Å². The summed E-state index contributed by atoms with van der Waals surface area (Å²) in [5.41, 5.74) is 2.27. The highest BCUT2D eigenvalue weighted by atomic mass is 16.5. The molecule has 0 spiro atoms. The van der Waals surface area contributed by atoms with Crippen molar-refractivity contribution < 1.29 is 19.7 Å². The van der Waals surface area contributed by atoms with Crippen molar-refractivity contribution in [1.29, 1.82) is 0 Å². The number of rotatable bonds is 9. The molecule has 0 amide bonds. The van der Waals surface area contributed by atoms with E-state index in [2.05, 4.69) is 13.8 Å². The molecule has 4 nitrogen and oxygen atoms in total. The lowest BCUT2D eigenvalue weighted by molar-refractivity contribution is 0.370. The summed E-state index contributed by atoms with van der Waals surface area (Å²) in [5, 5.41) is 19.8. The largest absolute Gasteiger partial charge is 0.504 e. The summed E-state index contributed by atoms with van der Waals surface area (Å²) < 4.78 is 10.6. The zero-order valence-electron chi connectivity index (χ0n) is 16.2. The highest BCUT2D eigenvalue weighted by molar-refractivity contribution is 5.46. The number of aromatic hydroxyl groups is 2. The Kier molecular flexibility index (Phi) is 7.19. The Hall–Kier alpha value is -2.36. The van der Waals surface area contributed by atoms with Crippen LogP contribution in [-0.4, -0.2) is 24.4 Å². The molecule has 0 saturated heterocycles. The molecular weight excluding hydrogens is 328 g/mol. The second-order valence-corrected chi connectivity index (χ2v) is 6.75. The van der Waals surface area contributed by atoms with Crippen LogP contribution in [0.1, 0.15) is 62.5 Å². The number of methoxy groups -OCH3 is 2. The molecule has 2 aromatic rings. The molecule has 0 aliphatic rings. The third-order valence-corrected chi connectivity index (χ3v) is 5.08. The molecule has 0 aliphatic heterocycles. The first kappa shape index (κ1) is 20.0. The molecule has 2 rings (SSSR count). The van der Waals surface area contributed by atoms with E-state index < -0.39 is 0 Å². The maximum Gasteiger partial charge on any atom is 0.160 e. The maximum absolute atomic E-state index is 9.92. The first-order valence-corrected chi connectivity index (χ1v) is 9.25. The monoisotopic (exact) mass is 358 g/mol. The highest BCUT2D eigenvalue weighted by Crippen LogP contribution is 2.41. The topological polar surface area (TPSA) is 58.9 Å². The van der Waals surface area contributed by atoms with Crippen molar-refractivity contribution in [3.63, 3.8) is 0 Å². The van der Waals surface area contributed by atoms with Gasteiger partial charge >= 0.3 is 0 Å². The molecule has 0 bridgehead atoms.